The number of carbonyl (C=O) groups excluding carboxylic acids is 1. The molecule has 2 N–H and O–H groups in total. The van der Waals surface area contributed by atoms with E-state index in [1.165, 1.54) is 11.0 Å². The Morgan fingerprint density at radius 2 is 2.04 bits per heavy atom. The number of benzene rings is 2. The van der Waals surface area contributed by atoms with Crippen LogP contribution >= 0.6 is 0 Å². The molecule has 4 rings (SSSR count). The van der Waals surface area contributed by atoms with Crippen molar-refractivity contribution in [3.8, 4) is 5.69 Å². The first-order chi connectivity index (χ1) is 12.1. The Bertz CT molecular complexity index is 1060. The zero-order chi connectivity index (χ0) is 17.4. The summed E-state index contributed by atoms with van der Waals surface area (Å²) >= 11 is 0. The van der Waals surface area contributed by atoms with E-state index in [0.29, 0.717) is 11.3 Å². The number of anilines is 1. The van der Waals surface area contributed by atoms with Gasteiger partial charge < -0.3 is 10.3 Å². The molecular weight excluding hydrogens is 316 g/mol. The molecule has 0 aliphatic rings. The van der Waals surface area contributed by atoms with Gasteiger partial charge in [-0.3, -0.25) is 4.79 Å². The van der Waals surface area contributed by atoms with E-state index in [9.17, 15) is 4.79 Å². The minimum Gasteiger partial charge on any atom is -0.361 e. The molecule has 2 aromatic carbocycles. The van der Waals surface area contributed by atoms with Crippen LogP contribution in [0.5, 0.6) is 0 Å². The Kier molecular flexibility index (Phi) is 3.53. The summed E-state index contributed by atoms with van der Waals surface area (Å²) in [4.78, 5) is 16.0. The number of fused-ring (bicyclic) bond motifs is 1. The summed E-state index contributed by atoms with van der Waals surface area (Å²) in [6, 6.07) is 11.4. The van der Waals surface area contributed by atoms with Crippen LogP contribution in [0.25, 0.3) is 16.6 Å². The van der Waals surface area contributed by atoms with Gasteiger partial charge in [0.05, 0.1) is 11.3 Å². The lowest BCUT2D eigenvalue weighted by molar-refractivity contribution is 0.102. The van der Waals surface area contributed by atoms with Crippen molar-refractivity contribution in [2.24, 2.45) is 0 Å². The van der Waals surface area contributed by atoms with Crippen molar-refractivity contribution in [2.75, 3.05) is 5.32 Å². The van der Waals surface area contributed by atoms with E-state index in [2.05, 4.69) is 25.8 Å². The van der Waals surface area contributed by atoms with Crippen LogP contribution in [0.1, 0.15) is 21.5 Å². The molecule has 2 aromatic heterocycles. The van der Waals surface area contributed by atoms with Gasteiger partial charge in [-0.15, -0.1) is 5.10 Å². The first-order valence-corrected chi connectivity index (χ1v) is 7.85. The molecule has 4 aromatic rings. The zero-order valence-corrected chi connectivity index (χ0v) is 13.8. The number of amides is 1. The van der Waals surface area contributed by atoms with Crippen molar-refractivity contribution < 1.29 is 4.79 Å². The summed E-state index contributed by atoms with van der Waals surface area (Å²) in [5, 5.41) is 15.3. The van der Waals surface area contributed by atoms with Gasteiger partial charge in [-0.1, -0.05) is 6.07 Å². The third-order valence-electron chi connectivity index (χ3n) is 4.34. The van der Waals surface area contributed by atoms with Gasteiger partial charge >= 0.3 is 0 Å². The molecule has 2 heterocycles. The Hall–Kier alpha value is -3.48. The van der Waals surface area contributed by atoms with Crippen LogP contribution < -0.4 is 5.32 Å². The maximum absolute atomic E-state index is 12.9. The summed E-state index contributed by atoms with van der Waals surface area (Å²) in [6.45, 7) is 3.94. The number of hydrogen-bond acceptors (Lipinski definition) is 4. The molecular formula is C18H16N6O. The second kappa shape index (κ2) is 5.86. The normalized spacial score (nSPS) is 11.0. The van der Waals surface area contributed by atoms with Crippen molar-refractivity contribution in [1.29, 1.82) is 0 Å². The van der Waals surface area contributed by atoms with Gasteiger partial charge in [0.2, 0.25) is 0 Å². The molecule has 0 saturated heterocycles. The number of rotatable bonds is 3. The van der Waals surface area contributed by atoms with Crippen molar-refractivity contribution >= 4 is 22.5 Å². The quantitative estimate of drug-likeness (QED) is 0.603. The zero-order valence-electron chi connectivity index (χ0n) is 13.8. The fourth-order valence-electron chi connectivity index (χ4n) is 2.87. The molecule has 0 fully saturated rings. The van der Waals surface area contributed by atoms with E-state index in [4.69, 9.17) is 0 Å². The van der Waals surface area contributed by atoms with Gasteiger partial charge in [0.15, 0.2) is 0 Å². The minimum absolute atomic E-state index is 0.205. The highest BCUT2D eigenvalue weighted by atomic mass is 16.1. The van der Waals surface area contributed by atoms with Gasteiger partial charge in [-0.25, -0.2) is 0 Å². The number of tetrazole rings is 1. The van der Waals surface area contributed by atoms with Crippen molar-refractivity contribution in [3.05, 3.63) is 65.6 Å². The molecule has 0 aliphatic heterocycles. The van der Waals surface area contributed by atoms with E-state index in [1.807, 2.05) is 50.4 Å². The van der Waals surface area contributed by atoms with Crippen molar-refractivity contribution in [3.63, 3.8) is 0 Å². The van der Waals surface area contributed by atoms with E-state index >= 15 is 0 Å². The molecule has 0 aliphatic carbocycles. The maximum Gasteiger partial charge on any atom is 0.257 e. The van der Waals surface area contributed by atoms with Crippen LogP contribution in [0.4, 0.5) is 5.69 Å². The highest BCUT2D eigenvalue weighted by Crippen LogP contribution is 2.24. The molecule has 7 nitrogen and oxygen atoms in total. The Morgan fingerprint density at radius 3 is 2.84 bits per heavy atom. The van der Waals surface area contributed by atoms with Crippen LogP contribution in [0.2, 0.25) is 0 Å². The number of nitrogens with one attached hydrogen (secondary N) is 2. The Morgan fingerprint density at radius 1 is 1.16 bits per heavy atom. The Labute approximate surface area is 143 Å². The first kappa shape index (κ1) is 15.1. The summed E-state index contributed by atoms with van der Waals surface area (Å²) in [5.41, 5.74) is 4.99. The highest BCUT2D eigenvalue weighted by Gasteiger charge is 2.17. The molecule has 0 bridgehead atoms. The molecule has 124 valence electrons. The van der Waals surface area contributed by atoms with Gasteiger partial charge in [0.1, 0.15) is 6.33 Å². The van der Waals surface area contributed by atoms with Crippen LogP contribution in [0.15, 0.2) is 48.9 Å². The maximum atomic E-state index is 12.9. The predicted octanol–water partition coefficient (Wildman–Crippen LogP) is 3.01. The fraction of sp³-hybridized carbons (Fsp3) is 0.111. The number of H-pyrrole nitrogens is 1. The summed E-state index contributed by atoms with van der Waals surface area (Å²) < 4.78 is 1.52. The number of hydrogen-bond donors (Lipinski definition) is 2. The lowest BCUT2D eigenvalue weighted by Crippen LogP contribution is -2.16. The molecule has 0 unspecified atom stereocenters. The Balaban J connectivity index is 1.73. The third kappa shape index (κ3) is 2.65. The second-order valence-corrected chi connectivity index (χ2v) is 5.89. The van der Waals surface area contributed by atoms with E-state index in [1.54, 1.807) is 6.07 Å². The second-order valence-electron chi connectivity index (χ2n) is 5.89. The van der Waals surface area contributed by atoms with Crippen molar-refractivity contribution in [1.82, 2.24) is 25.2 Å². The summed E-state index contributed by atoms with van der Waals surface area (Å²) in [5.74, 6) is -0.205. The largest absolute Gasteiger partial charge is 0.361 e. The van der Waals surface area contributed by atoms with Gasteiger partial charge in [-0.2, -0.15) is 4.68 Å². The van der Waals surface area contributed by atoms with Crippen LogP contribution in [-0.2, 0) is 0 Å². The SMILES string of the molecule is Cc1ccc(C(=O)Nc2ccc3[nH]ccc3c2)c(-n2cnnn2)c1C. The lowest BCUT2D eigenvalue weighted by Gasteiger charge is -2.14. The average Bonchev–Trinajstić information content (AvgIpc) is 3.27. The van der Waals surface area contributed by atoms with Crippen LogP contribution in [0.3, 0.4) is 0 Å². The number of aryl methyl sites for hydroxylation is 1. The van der Waals surface area contributed by atoms with E-state index < -0.39 is 0 Å². The van der Waals surface area contributed by atoms with E-state index in [-0.39, 0.29) is 5.91 Å². The minimum atomic E-state index is -0.205. The molecule has 1 amide bonds. The first-order valence-electron chi connectivity index (χ1n) is 7.85. The van der Waals surface area contributed by atoms with Gasteiger partial charge in [0, 0.05) is 22.8 Å². The molecule has 25 heavy (non-hydrogen) atoms. The predicted molar refractivity (Wildman–Crippen MR) is 94.9 cm³/mol. The number of aromatic amines is 1. The molecule has 0 atom stereocenters. The topological polar surface area (TPSA) is 88.5 Å². The smallest absolute Gasteiger partial charge is 0.257 e. The molecule has 7 heteroatoms. The standard InChI is InChI=1S/C18H16N6O/c1-11-3-5-15(17(12(11)2)24-10-20-22-23-24)18(25)21-14-4-6-16-13(9-14)7-8-19-16/h3-10,19H,1-2H3,(H,21,25). The highest BCUT2D eigenvalue weighted by molar-refractivity contribution is 6.07. The third-order valence-corrected chi connectivity index (χ3v) is 4.34. The lowest BCUT2D eigenvalue weighted by atomic mass is 10.0. The average molecular weight is 332 g/mol. The van der Waals surface area contributed by atoms with Crippen LogP contribution in [-0.4, -0.2) is 31.1 Å². The number of aromatic nitrogens is 5. The summed E-state index contributed by atoms with van der Waals surface area (Å²) in [6.07, 6.45) is 3.36. The van der Waals surface area contributed by atoms with Crippen molar-refractivity contribution in [2.45, 2.75) is 13.8 Å². The number of nitrogens with zero attached hydrogens (tertiary/aromatic N) is 4. The van der Waals surface area contributed by atoms with Crippen LogP contribution in [0, 0.1) is 13.8 Å². The molecule has 0 saturated carbocycles. The van der Waals surface area contributed by atoms with E-state index in [0.717, 1.165) is 27.7 Å². The molecule has 0 spiro atoms. The fourth-order valence-corrected chi connectivity index (χ4v) is 2.87. The number of carbonyl (C=O) groups is 1. The monoisotopic (exact) mass is 332 g/mol. The van der Waals surface area contributed by atoms with Gasteiger partial charge in [-0.05, 0) is 65.7 Å². The molecule has 0 radical (unpaired) electrons. The summed E-state index contributed by atoms with van der Waals surface area (Å²) in [7, 11) is 0. The van der Waals surface area contributed by atoms with Gasteiger partial charge in [0.25, 0.3) is 5.91 Å².